The lowest BCUT2D eigenvalue weighted by molar-refractivity contribution is -0.454. The normalized spacial score (nSPS) is 32.2. The van der Waals surface area contributed by atoms with Crippen molar-refractivity contribution in [1.29, 1.82) is 0 Å². The van der Waals surface area contributed by atoms with E-state index in [0.717, 1.165) is 19.3 Å². The first-order chi connectivity index (χ1) is 23.9. The van der Waals surface area contributed by atoms with Gasteiger partial charge < -0.3 is 69.6 Å². The van der Waals surface area contributed by atoms with Crippen LogP contribution in [0.15, 0.2) is 24.3 Å². The molecule has 11 unspecified atom stereocenters. The van der Waals surface area contributed by atoms with E-state index < -0.39 is 99.6 Å². The fourth-order valence-corrected chi connectivity index (χ4v) is 5.07. The van der Waals surface area contributed by atoms with Crippen LogP contribution >= 0.6 is 0 Å². The molecule has 2 heterocycles. The number of rotatable bonds is 22. The maximum absolute atomic E-state index is 11.9. The topological polar surface area (TPSA) is 245 Å². The third-order valence-electron chi connectivity index (χ3n) is 8.29. The molecule has 9 N–H and O–H groups in total. The lowest BCUT2D eigenvalue weighted by atomic mass is 9.97. The van der Waals surface area contributed by atoms with Gasteiger partial charge in [0, 0.05) is 6.42 Å². The van der Waals surface area contributed by atoms with E-state index in [1.54, 1.807) is 0 Å². The fourth-order valence-electron chi connectivity index (χ4n) is 5.07. The second-order valence-corrected chi connectivity index (χ2v) is 12.6. The summed E-state index contributed by atoms with van der Waals surface area (Å²) in [6.45, 7) is 3.73. The molecule has 15 heteroatoms. The van der Waals surface area contributed by atoms with Crippen molar-refractivity contribution < 1.29 is 74.4 Å². The van der Waals surface area contributed by atoms with Crippen molar-refractivity contribution in [2.75, 3.05) is 26.4 Å². The molecule has 2 rings (SSSR count). The van der Waals surface area contributed by atoms with Gasteiger partial charge in [-0.1, -0.05) is 83.6 Å². The van der Waals surface area contributed by atoms with Gasteiger partial charge in [-0.25, -0.2) is 0 Å². The van der Waals surface area contributed by atoms with Crippen LogP contribution in [0.2, 0.25) is 0 Å². The van der Waals surface area contributed by atoms with E-state index in [0.29, 0.717) is 6.42 Å². The van der Waals surface area contributed by atoms with E-state index in [1.807, 2.05) is 6.92 Å². The van der Waals surface area contributed by atoms with Crippen molar-refractivity contribution >= 4 is 5.97 Å². The second kappa shape index (κ2) is 26.2. The van der Waals surface area contributed by atoms with Gasteiger partial charge in [0.15, 0.2) is 12.4 Å². The Balaban J connectivity index is 0.000000751. The van der Waals surface area contributed by atoms with Crippen LogP contribution in [-0.2, 0) is 28.5 Å². The summed E-state index contributed by atoms with van der Waals surface area (Å²) < 4.78 is 25.8. The highest BCUT2D eigenvalue weighted by Crippen LogP contribution is 2.31. The van der Waals surface area contributed by atoms with Crippen molar-refractivity contribution in [3.63, 3.8) is 0 Å². The molecule has 11 atom stereocenters. The Morgan fingerprint density at radius 3 is 1.96 bits per heavy atom. The zero-order chi connectivity index (χ0) is 37.5. The first-order valence-corrected chi connectivity index (χ1v) is 18.0. The summed E-state index contributed by atoms with van der Waals surface area (Å²) in [5, 5.41) is 89.7. The Morgan fingerprint density at radius 1 is 0.760 bits per heavy atom. The minimum absolute atomic E-state index is 0.107. The van der Waals surface area contributed by atoms with Crippen LogP contribution in [0.4, 0.5) is 0 Å². The first kappa shape index (κ1) is 46.5. The van der Waals surface area contributed by atoms with Crippen molar-refractivity contribution in [3.05, 3.63) is 24.3 Å². The molecule has 2 aliphatic rings. The summed E-state index contributed by atoms with van der Waals surface area (Å²) in [6.07, 6.45) is 5.10. The van der Waals surface area contributed by atoms with Crippen molar-refractivity contribution in [2.24, 2.45) is 0 Å². The highest BCUT2D eigenvalue weighted by atomic mass is 16.8. The van der Waals surface area contributed by atoms with Crippen LogP contribution in [0.1, 0.15) is 97.8 Å². The number of ether oxygens (including phenoxy) is 5. The Hall–Kier alpha value is -1.57. The highest BCUT2D eigenvalue weighted by Gasteiger charge is 2.55. The van der Waals surface area contributed by atoms with Gasteiger partial charge >= 0.3 is 11.9 Å². The van der Waals surface area contributed by atoms with Gasteiger partial charge in [-0.2, -0.15) is 0 Å². The van der Waals surface area contributed by atoms with Gasteiger partial charge in [-0.15, -0.1) is 0 Å². The largest absolute Gasteiger partial charge is 0.457 e. The maximum atomic E-state index is 11.9. The molecule has 0 radical (unpaired) electrons. The SMILES string of the molecule is CCCC/C=C\C/C=C\CCCCC.CCCCCC(=O)OC(CO)COC1(O)OC(COC2OC(CO)C(O)C(O)C2O)C(O)C(O)C1O. The van der Waals surface area contributed by atoms with Crippen LogP contribution in [-0.4, -0.2) is 146 Å². The van der Waals surface area contributed by atoms with Crippen LogP contribution in [0.3, 0.4) is 0 Å². The van der Waals surface area contributed by atoms with Gasteiger partial charge in [-0.05, 0) is 32.1 Å². The third kappa shape index (κ3) is 16.4. The van der Waals surface area contributed by atoms with Crippen molar-refractivity contribution in [3.8, 4) is 0 Å². The number of esters is 1. The van der Waals surface area contributed by atoms with E-state index in [1.165, 1.54) is 44.9 Å². The molecule has 2 saturated heterocycles. The molecule has 0 bridgehead atoms. The molecule has 0 aromatic rings. The Morgan fingerprint density at radius 2 is 1.36 bits per heavy atom. The molecule has 0 aromatic heterocycles. The van der Waals surface area contributed by atoms with E-state index in [-0.39, 0.29) is 6.42 Å². The molecular weight excluding hydrogens is 660 g/mol. The standard InChI is InChI=1S/C21H38O15.C14H26/c1-2-3-4-5-13(24)34-10(6-22)8-33-21(31)19(30)17(28)15(26)12(36-21)9-32-20-18(29)16(27)14(25)11(7-23)35-20;1-3-5-7-9-11-13-14-12-10-8-6-4-2/h10-12,14-20,22-23,25-31H,2-9H2,1H3;9,11-12,14H,3-8,10,13H2,1-2H3/b;11-9-,14-12-. The Bertz CT molecular complexity index is 934. The number of carbonyl (C=O) groups excluding carboxylic acids is 1. The van der Waals surface area contributed by atoms with Crippen LogP contribution in [0.5, 0.6) is 0 Å². The van der Waals surface area contributed by atoms with Crippen molar-refractivity contribution in [2.45, 2.75) is 165 Å². The molecule has 15 nitrogen and oxygen atoms in total. The molecule has 2 aliphatic heterocycles. The summed E-state index contributed by atoms with van der Waals surface area (Å²) in [4.78, 5) is 11.9. The number of aliphatic hydroxyl groups excluding tert-OH is 8. The maximum Gasteiger partial charge on any atom is 0.311 e. The van der Waals surface area contributed by atoms with E-state index >= 15 is 0 Å². The molecule has 2 fully saturated rings. The van der Waals surface area contributed by atoms with Gasteiger partial charge in [0.25, 0.3) is 0 Å². The zero-order valence-corrected chi connectivity index (χ0v) is 29.9. The average molecular weight is 725 g/mol. The minimum atomic E-state index is -2.93. The molecule has 294 valence electrons. The fraction of sp³-hybridized carbons (Fsp3) is 0.857. The van der Waals surface area contributed by atoms with Crippen LogP contribution < -0.4 is 0 Å². The van der Waals surface area contributed by atoms with Crippen LogP contribution in [0, 0.1) is 0 Å². The van der Waals surface area contributed by atoms with Crippen molar-refractivity contribution in [1.82, 2.24) is 0 Å². The predicted octanol–water partition coefficient (Wildman–Crippen LogP) is 0.691. The molecule has 0 spiro atoms. The summed E-state index contributed by atoms with van der Waals surface area (Å²) in [5.74, 6) is -3.53. The summed E-state index contributed by atoms with van der Waals surface area (Å²) in [7, 11) is 0. The third-order valence-corrected chi connectivity index (χ3v) is 8.29. The second-order valence-electron chi connectivity index (χ2n) is 12.6. The Labute approximate surface area is 296 Å². The van der Waals surface area contributed by atoms with Crippen LogP contribution in [0.25, 0.3) is 0 Å². The first-order valence-electron chi connectivity index (χ1n) is 18.0. The van der Waals surface area contributed by atoms with Gasteiger partial charge in [0.05, 0.1) is 26.4 Å². The van der Waals surface area contributed by atoms with E-state index in [9.17, 15) is 50.8 Å². The smallest absolute Gasteiger partial charge is 0.311 e. The molecule has 0 aromatic carbocycles. The predicted molar refractivity (Wildman–Crippen MR) is 181 cm³/mol. The quantitative estimate of drug-likeness (QED) is 0.0323. The molecule has 0 aliphatic carbocycles. The van der Waals surface area contributed by atoms with Gasteiger partial charge in [0.2, 0.25) is 0 Å². The number of hydrogen-bond donors (Lipinski definition) is 9. The minimum Gasteiger partial charge on any atom is -0.457 e. The number of unbranched alkanes of at least 4 members (excludes halogenated alkanes) is 7. The molecule has 0 amide bonds. The van der Waals surface area contributed by atoms with E-state index in [2.05, 4.69) is 38.2 Å². The van der Waals surface area contributed by atoms with Gasteiger partial charge in [-0.3, -0.25) is 4.79 Å². The lowest BCUT2D eigenvalue weighted by Gasteiger charge is -2.45. The average Bonchev–Trinajstić information content (AvgIpc) is 3.11. The Kier molecular flexibility index (Phi) is 24.4. The molecular formula is C35H64O15. The summed E-state index contributed by atoms with van der Waals surface area (Å²) in [5.41, 5.74) is 0. The zero-order valence-electron chi connectivity index (χ0n) is 29.9. The van der Waals surface area contributed by atoms with E-state index in [4.69, 9.17) is 23.7 Å². The monoisotopic (exact) mass is 724 g/mol. The molecule has 0 saturated carbocycles. The number of carbonyl (C=O) groups is 1. The number of hydrogen-bond acceptors (Lipinski definition) is 15. The molecule has 50 heavy (non-hydrogen) atoms. The summed E-state index contributed by atoms with van der Waals surface area (Å²) >= 11 is 0. The number of aliphatic hydroxyl groups is 9. The lowest BCUT2D eigenvalue weighted by Crippen LogP contribution is -2.67. The highest BCUT2D eigenvalue weighted by molar-refractivity contribution is 5.69. The summed E-state index contributed by atoms with van der Waals surface area (Å²) in [6, 6.07) is 0. The number of allylic oxidation sites excluding steroid dienone is 4. The van der Waals surface area contributed by atoms with Gasteiger partial charge in [0.1, 0.15) is 48.8 Å².